The highest BCUT2D eigenvalue weighted by Crippen LogP contribution is 2.57. The average Bonchev–Trinajstić information content (AvgIpc) is 1.55. The second-order valence-corrected chi connectivity index (χ2v) is 38.8. The molecule has 8 aromatic heterocycles. The summed E-state index contributed by atoms with van der Waals surface area (Å²) in [6.07, 6.45) is 38.6. The van der Waals surface area contributed by atoms with Crippen molar-refractivity contribution in [1.82, 2.24) is 17.5 Å². The second kappa shape index (κ2) is 40.3. The molecule has 1 unspecified atom stereocenters. The minimum atomic E-state index is -0.500. The van der Waals surface area contributed by atoms with Crippen LogP contribution in [-0.2, 0) is 12.8 Å². The van der Waals surface area contributed by atoms with E-state index in [0.29, 0.717) is 34.8 Å². The highest BCUT2D eigenvalue weighted by Gasteiger charge is 2.31. The molecule has 6 nitrogen and oxygen atoms in total. The van der Waals surface area contributed by atoms with Gasteiger partial charge in [-0.15, -0.1) is 68.0 Å². The molecule has 0 aliphatic heterocycles. The van der Waals surface area contributed by atoms with Gasteiger partial charge in [0.15, 0.2) is 0 Å². The van der Waals surface area contributed by atoms with E-state index in [0.717, 1.165) is 143 Å². The molecule has 0 radical (unpaired) electrons. The van der Waals surface area contributed by atoms with Crippen LogP contribution in [0.15, 0.2) is 60.7 Å². The van der Waals surface area contributed by atoms with Crippen LogP contribution < -0.4 is 9.47 Å². The molecule has 0 aliphatic carbocycles. The predicted molar refractivity (Wildman–Crippen MR) is 476 cm³/mol. The first kappa shape index (κ1) is 82.7. The Morgan fingerprint density at radius 2 is 0.750 bits per heavy atom. The molecule has 0 amide bonds. The number of unbranched alkanes of at least 4 members (excludes halogenated alkanes) is 21. The van der Waals surface area contributed by atoms with Crippen LogP contribution in [0.2, 0.25) is 10.0 Å². The molecular formula is C90H110Cl2F2N4O2S8. The van der Waals surface area contributed by atoms with Crippen molar-refractivity contribution in [3.05, 3.63) is 114 Å². The van der Waals surface area contributed by atoms with Crippen LogP contribution in [0.25, 0.3) is 115 Å². The molecule has 0 spiro atoms. The van der Waals surface area contributed by atoms with Crippen molar-refractivity contribution >= 4 is 157 Å². The molecular weight excluding hydrogens is 1530 g/mol. The van der Waals surface area contributed by atoms with E-state index in [4.69, 9.17) is 50.2 Å². The van der Waals surface area contributed by atoms with Gasteiger partial charge in [0.05, 0.1) is 52.3 Å². The van der Waals surface area contributed by atoms with Gasteiger partial charge in [0, 0.05) is 119 Å². The van der Waals surface area contributed by atoms with Crippen molar-refractivity contribution in [3.8, 4) is 84.6 Å². The minimum absolute atomic E-state index is 0.201. The van der Waals surface area contributed by atoms with Crippen molar-refractivity contribution in [2.75, 3.05) is 13.2 Å². The first-order valence-electron chi connectivity index (χ1n) is 40.8. The zero-order valence-electron chi connectivity index (χ0n) is 65.4. The summed E-state index contributed by atoms with van der Waals surface area (Å²) in [4.78, 5) is 10.3. The number of rotatable bonds is 45. The third kappa shape index (κ3) is 19.4. The van der Waals surface area contributed by atoms with E-state index in [1.165, 1.54) is 268 Å². The largest absolute Gasteiger partial charge is 0.493 e. The van der Waals surface area contributed by atoms with Gasteiger partial charge >= 0.3 is 0 Å². The molecule has 0 aliphatic rings. The topological polar surface area (TPSA) is 70.0 Å². The molecule has 8 heterocycles. The Balaban J connectivity index is 0.908. The van der Waals surface area contributed by atoms with Gasteiger partial charge in [-0.2, -0.15) is 17.5 Å². The Hall–Kier alpha value is -4.72. The fourth-order valence-electron chi connectivity index (χ4n) is 15.9. The lowest BCUT2D eigenvalue weighted by Gasteiger charge is -2.17. The van der Waals surface area contributed by atoms with Crippen LogP contribution in [0.5, 0.6) is 11.5 Å². The van der Waals surface area contributed by atoms with E-state index < -0.39 is 11.6 Å². The van der Waals surface area contributed by atoms with Crippen molar-refractivity contribution in [2.45, 2.75) is 275 Å². The van der Waals surface area contributed by atoms with Crippen molar-refractivity contribution in [2.24, 2.45) is 11.8 Å². The smallest absolute Gasteiger partial charge is 0.133 e. The number of aryl methyl sites for hydroxylation is 2. The maximum Gasteiger partial charge on any atom is 0.133 e. The monoisotopic (exact) mass is 1640 g/mol. The molecule has 108 heavy (non-hydrogen) atoms. The molecule has 4 aromatic carbocycles. The predicted octanol–water partition coefficient (Wildman–Crippen LogP) is 33.8. The zero-order chi connectivity index (χ0) is 75.8. The normalized spacial score (nSPS) is 12.4. The number of hydrogen-bond acceptors (Lipinski definition) is 14. The van der Waals surface area contributed by atoms with Crippen LogP contribution in [0.1, 0.15) is 265 Å². The van der Waals surface area contributed by atoms with Gasteiger partial charge in [-0.1, -0.05) is 245 Å². The number of halogens is 4. The molecule has 0 N–H and O–H groups in total. The summed E-state index contributed by atoms with van der Waals surface area (Å²) in [6.45, 7) is 23.5. The molecule has 1 atom stereocenters. The Morgan fingerprint density at radius 3 is 1.26 bits per heavy atom. The van der Waals surface area contributed by atoms with E-state index in [-0.39, 0.29) is 11.1 Å². The SMILES string of the molecule is CCCCCCCCCCCCOc1c(C)c(-c2ccc(-c3cc(F)c(-c4ccc(-c5c(OCCCCCCCCCCCC)c(C)c(-c6cc7c(-c8cc(Cl)c(CC(CCCC)CCCC)s8)c8sc(C)cc8c(-c8cc(Cl)c(CC(CC)CCCC)s8)c7s6)c6nsnc56)s4)cc3F)s2)c2nsnc2c1C. The van der Waals surface area contributed by atoms with Crippen LogP contribution in [0.4, 0.5) is 8.78 Å². The summed E-state index contributed by atoms with van der Waals surface area (Å²) >= 11 is 27.7. The summed E-state index contributed by atoms with van der Waals surface area (Å²) in [5.74, 6) is 1.75. The number of fused-ring (bicyclic) bond motifs is 4. The van der Waals surface area contributed by atoms with Gasteiger partial charge in [0.1, 0.15) is 45.2 Å². The fraction of sp³-hybridized carbons (Fsp3) is 0.511. The van der Waals surface area contributed by atoms with Crippen LogP contribution in [0, 0.1) is 51.2 Å². The lowest BCUT2D eigenvalue weighted by atomic mass is 9.92. The fourth-order valence-corrected chi connectivity index (χ4v) is 25.1. The highest BCUT2D eigenvalue weighted by molar-refractivity contribution is 7.25. The first-order chi connectivity index (χ1) is 52.7. The van der Waals surface area contributed by atoms with Gasteiger partial charge in [0.2, 0.25) is 0 Å². The molecule has 578 valence electrons. The summed E-state index contributed by atoms with van der Waals surface area (Å²) in [5.41, 5.74) is 11.7. The maximum atomic E-state index is 17.2. The molecule has 0 bridgehead atoms. The Labute approximate surface area is 684 Å². The second-order valence-electron chi connectivity index (χ2n) is 30.2. The minimum Gasteiger partial charge on any atom is -0.493 e. The van der Waals surface area contributed by atoms with E-state index in [1.807, 2.05) is 69.6 Å². The lowest BCUT2D eigenvalue weighted by molar-refractivity contribution is 0.301. The number of thiophene rings is 6. The van der Waals surface area contributed by atoms with Crippen LogP contribution in [-0.4, -0.2) is 30.7 Å². The van der Waals surface area contributed by atoms with Gasteiger partial charge in [-0.3, -0.25) is 0 Å². The number of benzene rings is 4. The number of aromatic nitrogens is 4. The van der Waals surface area contributed by atoms with Gasteiger partial charge in [0.25, 0.3) is 0 Å². The Kier molecular flexibility index (Phi) is 30.9. The third-order valence-corrected chi connectivity index (χ3v) is 30.9. The van der Waals surface area contributed by atoms with Gasteiger partial charge in [-0.05, 0) is 126 Å². The Bertz CT molecular complexity index is 4920. The number of nitrogens with zero attached hydrogens (tertiary/aromatic N) is 4. The van der Waals surface area contributed by atoms with Gasteiger partial charge in [-0.25, -0.2) is 8.78 Å². The number of hydrogen-bond donors (Lipinski definition) is 0. The molecule has 12 aromatic rings. The van der Waals surface area contributed by atoms with Crippen LogP contribution in [0.3, 0.4) is 0 Å². The average molecular weight is 1650 g/mol. The van der Waals surface area contributed by atoms with E-state index in [9.17, 15) is 0 Å². The van der Waals surface area contributed by atoms with E-state index in [1.54, 1.807) is 0 Å². The summed E-state index contributed by atoms with van der Waals surface area (Å²) in [6, 6.07) is 19.9. The molecule has 0 saturated carbocycles. The zero-order valence-corrected chi connectivity index (χ0v) is 73.4. The maximum absolute atomic E-state index is 17.2. The summed E-state index contributed by atoms with van der Waals surface area (Å²) < 4.78 is 70.6. The standard InChI is InChI=1S/C90H110Cl2F2N4O2S8/c1-11-17-22-24-26-28-30-32-34-36-45-99-87-56(8)78(84-83(58(87)10)95-107-96-84)71-43-41-69(102-71)61-50-68(94)62(51-67(61)93)70-42-44-72(103-70)82-86-85(97-108-98-86)79(57(9)88(82)100-46-37-35-33-31-29-27-25-23-18-12-2)75-52-64-81(77-54-66(92)74(105-77)49-60(39-20-14-4)40-21-15-5)89-63(47-55(7)101-89)80(90(64)106-75)76-53-65(91)73(104-76)48-59(16-6)38-19-13-3/h41-44,47,50-54,59-60H,11-40,45-46,48-49H2,1-10H3. The molecule has 0 saturated heterocycles. The molecule has 0 fully saturated rings. The summed E-state index contributed by atoms with van der Waals surface area (Å²) in [7, 11) is 0. The summed E-state index contributed by atoms with van der Waals surface area (Å²) in [5, 5.41) is 4.16. The molecule has 12 rings (SSSR count). The van der Waals surface area contributed by atoms with Gasteiger partial charge < -0.3 is 9.47 Å². The lowest BCUT2D eigenvalue weighted by Crippen LogP contribution is -2.04. The van der Waals surface area contributed by atoms with Crippen molar-refractivity contribution in [1.29, 1.82) is 0 Å². The first-order valence-corrected chi connectivity index (χ1v) is 47.9. The van der Waals surface area contributed by atoms with Crippen molar-refractivity contribution < 1.29 is 18.3 Å². The van der Waals surface area contributed by atoms with Crippen molar-refractivity contribution in [3.63, 3.8) is 0 Å². The third-order valence-electron chi connectivity index (χ3n) is 22.1. The number of ether oxygens (including phenoxy) is 2. The van der Waals surface area contributed by atoms with E-state index >= 15 is 8.78 Å². The van der Waals surface area contributed by atoms with Crippen LogP contribution >= 0.6 is 115 Å². The quantitative estimate of drug-likeness (QED) is 0.0354. The Morgan fingerprint density at radius 1 is 0.361 bits per heavy atom. The van der Waals surface area contributed by atoms with E-state index in [2.05, 4.69) is 93.5 Å². The highest BCUT2D eigenvalue weighted by atomic mass is 35.5. The molecule has 18 heteroatoms.